The maximum atomic E-state index is 10.9. The summed E-state index contributed by atoms with van der Waals surface area (Å²) in [7, 11) is 0. The van der Waals surface area contributed by atoms with E-state index in [1.54, 1.807) is 12.1 Å². The summed E-state index contributed by atoms with van der Waals surface area (Å²) in [5.74, 6) is -2.12. The van der Waals surface area contributed by atoms with Gasteiger partial charge in [0.2, 0.25) is 0 Å². The fourth-order valence-corrected chi connectivity index (χ4v) is 1.68. The van der Waals surface area contributed by atoms with Gasteiger partial charge in [-0.2, -0.15) is 0 Å². The molecule has 0 saturated carbocycles. The number of fused-ring (bicyclic) bond motifs is 1. The average Bonchev–Trinajstić information content (AvgIpc) is 2.27. The smallest absolute Gasteiger partial charge is 0.336 e. The molecule has 10 N–H and O–H groups in total. The monoisotopic (exact) mass is 288 g/mol. The standard InChI is InChI=1S/C12H8O4.4H2O/c13-11(14)9-5-1-3-7-8(9)4-2-6-10(7)12(15)16;;;;/h1-6H,(H,13,14)(H,15,16);4*1H2. The van der Waals surface area contributed by atoms with Gasteiger partial charge in [-0.05, 0) is 22.9 Å². The van der Waals surface area contributed by atoms with E-state index in [1.165, 1.54) is 24.3 Å². The lowest BCUT2D eigenvalue weighted by Gasteiger charge is -2.04. The number of carboxylic acid groups (broad SMARTS) is 2. The molecule has 0 bridgehead atoms. The average molecular weight is 288 g/mol. The Morgan fingerprint density at radius 2 is 0.950 bits per heavy atom. The molecule has 2 rings (SSSR count). The Morgan fingerprint density at radius 3 is 1.20 bits per heavy atom. The SMILES string of the molecule is O.O.O.O.O=C(O)c1cccc2c(C(=O)O)cccc12. The molecular formula is C12H16O8. The van der Waals surface area contributed by atoms with Crippen molar-refractivity contribution in [3.8, 4) is 0 Å². The Labute approximate surface area is 113 Å². The molecule has 0 saturated heterocycles. The van der Waals surface area contributed by atoms with Gasteiger partial charge in [0.15, 0.2) is 0 Å². The summed E-state index contributed by atoms with van der Waals surface area (Å²) in [6, 6.07) is 9.19. The molecule has 0 spiro atoms. The first-order valence-corrected chi connectivity index (χ1v) is 4.59. The van der Waals surface area contributed by atoms with Crippen molar-refractivity contribution in [2.45, 2.75) is 0 Å². The van der Waals surface area contributed by atoms with Crippen molar-refractivity contribution >= 4 is 22.7 Å². The van der Waals surface area contributed by atoms with E-state index in [9.17, 15) is 9.59 Å². The van der Waals surface area contributed by atoms with Crippen LogP contribution in [-0.2, 0) is 0 Å². The molecule has 2 aromatic rings. The van der Waals surface area contributed by atoms with Crippen LogP contribution in [0.25, 0.3) is 10.8 Å². The fourth-order valence-electron chi connectivity index (χ4n) is 1.68. The third kappa shape index (κ3) is 3.73. The quantitative estimate of drug-likeness (QED) is 0.708. The minimum absolute atomic E-state index is 0. The van der Waals surface area contributed by atoms with Gasteiger partial charge in [-0.15, -0.1) is 0 Å². The second-order valence-electron chi connectivity index (χ2n) is 3.32. The van der Waals surface area contributed by atoms with Crippen molar-refractivity contribution in [3.05, 3.63) is 47.5 Å². The second kappa shape index (κ2) is 8.56. The number of rotatable bonds is 2. The van der Waals surface area contributed by atoms with Crippen LogP contribution in [0.4, 0.5) is 0 Å². The molecule has 0 amide bonds. The van der Waals surface area contributed by atoms with Crippen molar-refractivity contribution in [2.24, 2.45) is 0 Å². The van der Waals surface area contributed by atoms with Gasteiger partial charge in [0.25, 0.3) is 0 Å². The van der Waals surface area contributed by atoms with Crippen LogP contribution in [0.1, 0.15) is 20.7 Å². The van der Waals surface area contributed by atoms with Gasteiger partial charge in [-0.3, -0.25) is 0 Å². The molecule has 0 atom stereocenters. The lowest BCUT2D eigenvalue weighted by molar-refractivity contribution is 0.0686. The summed E-state index contributed by atoms with van der Waals surface area (Å²) in [5, 5.41) is 18.8. The zero-order valence-corrected chi connectivity index (χ0v) is 10.2. The van der Waals surface area contributed by atoms with E-state index in [4.69, 9.17) is 10.2 Å². The van der Waals surface area contributed by atoms with Crippen LogP contribution in [0.2, 0.25) is 0 Å². The molecule has 0 unspecified atom stereocenters. The first-order chi connectivity index (χ1) is 7.61. The number of hydrogen-bond acceptors (Lipinski definition) is 2. The third-order valence-electron chi connectivity index (χ3n) is 2.38. The summed E-state index contributed by atoms with van der Waals surface area (Å²) >= 11 is 0. The Hall–Kier alpha value is -2.52. The number of benzene rings is 2. The molecular weight excluding hydrogens is 272 g/mol. The van der Waals surface area contributed by atoms with Crippen LogP contribution in [0, 0.1) is 0 Å². The van der Waals surface area contributed by atoms with E-state index in [0.717, 1.165) is 0 Å². The predicted octanol–water partition coefficient (Wildman–Crippen LogP) is -1.06. The second-order valence-corrected chi connectivity index (χ2v) is 3.32. The normalized spacial score (nSPS) is 8.20. The fraction of sp³-hybridized carbons (Fsp3) is 0. The number of carboxylic acids is 2. The molecule has 8 heteroatoms. The Kier molecular flexibility index (Phi) is 9.69. The van der Waals surface area contributed by atoms with Crippen molar-refractivity contribution in [2.75, 3.05) is 0 Å². The molecule has 0 aliphatic rings. The summed E-state index contributed by atoms with van der Waals surface area (Å²) in [5.41, 5.74) is 0.223. The molecule has 8 nitrogen and oxygen atoms in total. The van der Waals surface area contributed by atoms with Gasteiger partial charge in [0.1, 0.15) is 0 Å². The topological polar surface area (TPSA) is 201 Å². The van der Waals surface area contributed by atoms with Gasteiger partial charge in [-0.1, -0.05) is 24.3 Å². The lowest BCUT2D eigenvalue weighted by Crippen LogP contribution is -2.01. The molecule has 0 heterocycles. The van der Waals surface area contributed by atoms with Gasteiger partial charge in [0.05, 0.1) is 11.1 Å². The van der Waals surface area contributed by atoms with Crippen LogP contribution in [0.15, 0.2) is 36.4 Å². The zero-order valence-electron chi connectivity index (χ0n) is 10.2. The minimum atomic E-state index is -1.06. The van der Waals surface area contributed by atoms with Crippen molar-refractivity contribution in [3.63, 3.8) is 0 Å². The van der Waals surface area contributed by atoms with E-state index in [-0.39, 0.29) is 33.0 Å². The van der Waals surface area contributed by atoms with E-state index >= 15 is 0 Å². The molecule has 0 aromatic heterocycles. The molecule has 112 valence electrons. The predicted molar refractivity (Wildman–Crippen MR) is 72.3 cm³/mol. The molecule has 0 aliphatic carbocycles. The highest BCUT2D eigenvalue weighted by atomic mass is 16.4. The van der Waals surface area contributed by atoms with Crippen LogP contribution in [0.3, 0.4) is 0 Å². The molecule has 0 aliphatic heterocycles. The van der Waals surface area contributed by atoms with Crippen LogP contribution in [-0.4, -0.2) is 44.1 Å². The number of aromatic carboxylic acids is 2. The van der Waals surface area contributed by atoms with Gasteiger partial charge >= 0.3 is 11.9 Å². The minimum Gasteiger partial charge on any atom is -0.478 e. The number of hydrogen-bond donors (Lipinski definition) is 2. The molecule has 0 radical (unpaired) electrons. The highest BCUT2D eigenvalue weighted by Crippen LogP contribution is 2.22. The first kappa shape index (κ1) is 22.6. The maximum absolute atomic E-state index is 10.9. The van der Waals surface area contributed by atoms with Gasteiger partial charge in [0, 0.05) is 0 Å². The number of carbonyl (C=O) groups is 2. The summed E-state index contributed by atoms with van der Waals surface area (Å²) < 4.78 is 0. The summed E-state index contributed by atoms with van der Waals surface area (Å²) in [6.07, 6.45) is 0. The summed E-state index contributed by atoms with van der Waals surface area (Å²) in [4.78, 5) is 21.9. The largest absolute Gasteiger partial charge is 0.478 e. The van der Waals surface area contributed by atoms with E-state index < -0.39 is 11.9 Å². The van der Waals surface area contributed by atoms with Gasteiger partial charge in [-0.25, -0.2) is 9.59 Å². The van der Waals surface area contributed by atoms with Crippen LogP contribution in [0.5, 0.6) is 0 Å². The molecule has 0 fully saturated rings. The highest BCUT2D eigenvalue weighted by molar-refractivity contribution is 6.10. The van der Waals surface area contributed by atoms with Crippen molar-refractivity contribution < 1.29 is 41.7 Å². The summed E-state index contributed by atoms with van der Waals surface area (Å²) in [6.45, 7) is 0. The first-order valence-electron chi connectivity index (χ1n) is 4.59. The van der Waals surface area contributed by atoms with Gasteiger partial charge < -0.3 is 32.1 Å². The lowest BCUT2D eigenvalue weighted by atomic mass is 10.0. The van der Waals surface area contributed by atoms with Crippen LogP contribution < -0.4 is 0 Å². The third-order valence-corrected chi connectivity index (χ3v) is 2.38. The molecule has 20 heavy (non-hydrogen) atoms. The Morgan fingerprint density at radius 1 is 0.650 bits per heavy atom. The highest BCUT2D eigenvalue weighted by Gasteiger charge is 2.12. The maximum Gasteiger partial charge on any atom is 0.336 e. The molecule has 2 aromatic carbocycles. The van der Waals surface area contributed by atoms with E-state index in [0.29, 0.717) is 10.8 Å². The Balaban J connectivity index is -0.000000722. The van der Waals surface area contributed by atoms with E-state index in [2.05, 4.69) is 0 Å². The Bertz CT molecular complexity index is 540. The van der Waals surface area contributed by atoms with Crippen LogP contribution >= 0.6 is 0 Å². The van der Waals surface area contributed by atoms with Crippen molar-refractivity contribution in [1.29, 1.82) is 0 Å². The van der Waals surface area contributed by atoms with Crippen molar-refractivity contribution in [1.82, 2.24) is 0 Å². The van der Waals surface area contributed by atoms with E-state index in [1.807, 2.05) is 0 Å². The zero-order chi connectivity index (χ0) is 11.7.